The van der Waals surface area contributed by atoms with Crippen molar-refractivity contribution in [3.63, 3.8) is 0 Å². The number of nitrogens with one attached hydrogen (secondary N) is 2. The van der Waals surface area contributed by atoms with Crippen LogP contribution in [0.1, 0.15) is 22.8 Å². The van der Waals surface area contributed by atoms with E-state index in [-0.39, 0.29) is 24.4 Å². The third-order valence-electron chi connectivity index (χ3n) is 2.52. The molecule has 0 heterocycles. The molecule has 0 atom stereocenters. The molecule has 3 N–H and O–H groups in total. The Hall–Kier alpha value is -1.93. The maximum atomic E-state index is 11.4. The smallest absolute Gasteiger partial charge is 0.335 e. The van der Waals surface area contributed by atoms with E-state index in [1.54, 1.807) is 12.1 Å². The summed E-state index contributed by atoms with van der Waals surface area (Å²) in [6, 6.07) is 6.03. The second-order valence-corrected chi connectivity index (χ2v) is 6.10. The molecule has 0 aliphatic carbocycles. The number of amides is 1. The zero-order chi connectivity index (χ0) is 15.2. The Morgan fingerprint density at radius 2 is 1.80 bits per heavy atom. The fourth-order valence-electron chi connectivity index (χ4n) is 1.31. The lowest BCUT2D eigenvalue weighted by atomic mass is 10.1. The number of carboxylic acids is 1. The zero-order valence-corrected chi connectivity index (χ0v) is 11.7. The minimum atomic E-state index is -3.39. The summed E-state index contributed by atoms with van der Waals surface area (Å²) >= 11 is 0. The van der Waals surface area contributed by atoms with Gasteiger partial charge in [0.1, 0.15) is 0 Å². The lowest BCUT2D eigenvalue weighted by Crippen LogP contribution is -2.37. The highest BCUT2D eigenvalue weighted by atomic mass is 32.2. The molecule has 1 amide bonds. The van der Waals surface area contributed by atoms with Crippen molar-refractivity contribution in [3.05, 3.63) is 35.4 Å². The van der Waals surface area contributed by atoms with E-state index < -0.39 is 21.9 Å². The van der Waals surface area contributed by atoms with E-state index in [9.17, 15) is 18.0 Å². The first-order chi connectivity index (χ1) is 9.34. The molecule has 8 heteroatoms. The summed E-state index contributed by atoms with van der Waals surface area (Å²) in [6.07, 6.45) is 0. The van der Waals surface area contributed by atoms with Gasteiger partial charge in [0.15, 0.2) is 0 Å². The first-order valence-corrected chi connectivity index (χ1v) is 7.55. The molecule has 0 saturated carbocycles. The highest BCUT2D eigenvalue weighted by molar-refractivity contribution is 7.89. The number of hydrogen-bond acceptors (Lipinski definition) is 4. The molecule has 0 aromatic heterocycles. The predicted octanol–water partition coefficient (Wildman–Crippen LogP) is -0.0597. The van der Waals surface area contributed by atoms with Crippen LogP contribution in [0.4, 0.5) is 0 Å². The summed E-state index contributed by atoms with van der Waals surface area (Å²) in [6.45, 7) is 1.36. The molecule has 0 fully saturated rings. The maximum Gasteiger partial charge on any atom is 0.335 e. The topological polar surface area (TPSA) is 113 Å². The van der Waals surface area contributed by atoms with Crippen LogP contribution in [-0.4, -0.2) is 37.7 Å². The number of sulfonamides is 1. The zero-order valence-electron chi connectivity index (χ0n) is 10.9. The van der Waals surface area contributed by atoms with Gasteiger partial charge < -0.3 is 10.4 Å². The quantitative estimate of drug-likeness (QED) is 0.653. The van der Waals surface area contributed by atoms with Crippen LogP contribution in [0, 0.1) is 0 Å². The number of aromatic carboxylic acids is 1. The Morgan fingerprint density at radius 3 is 2.30 bits per heavy atom. The Labute approximate surface area is 117 Å². The van der Waals surface area contributed by atoms with Crippen LogP contribution in [0.5, 0.6) is 0 Å². The Kier molecular flexibility index (Phi) is 5.66. The lowest BCUT2D eigenvalue weighted by Gasteiger charge is -2.07. The van der Waals surface area contributed by atoms with Crippen LogP contribution in [0.15, 0.2) is 24.3 Å². The lowest BCUT2D eigenvalue weighted by molar-refractivity contribution is -0.120. The van der Waals surface area contributed by atoms with Crippen molar-refractivity contribution in [2.45, 2.75) is 13.5 Å². The van der Waals surface area contributed by atoms with Crippen molar-refractivity contribution in [1.82, 2.24) is 10.0 Å². The highest BCUT2D eigenvalue weighted by Gasteiger charge is 2.09. The van der Waals surface area contributed by atoms with Gasteiger partial charge in [-0.3, -0.25) is 4.79 Å². The molecule has 0 aliphatic rings. The van der Waals surface area contributed by atoms with Gasteiger partial charge in [0.2, 0.25) is 15.9 Å². The van der Waals surface area contributed by atoms with Gasteiger partial charge in [0.05, 0.1) is 17.9 Å². The summed E-state index contributed by atoms with van der Waals surface area (Å²) in [5.74, 6) is -1.56. The van der Waals surface area contributed by atoms with Gasteiger partial charge in [-0.1, -0.05) is 12.1 Å². The predicted molar refractivity (Wildman–Crippen MR) is 72.7 cm³/mol. The first-order valence-electron chi connectivity index (χ1n) is 5.90. The van der Waals surface area contributed by atoms with Crippen molar-refractivity contribution in [2.75, 3.05) is 12.3 Å². The summed E-state index contributed by atoms with van der Waals surface area (Å²) < 4.78 is 24.4. The monoisotopic (exact) mass is 300 g/mol. The molecule has 20 heavy (non-hydrogen) atoms. The summed E-state index contributed by atoms with van der Waals surface area (Å²) in [4.78, 5) is 22.1. The third-order valence-corrected chi connectivity index (χ3v) is 3.87. The average Bonchev–Trinajstić information content (AvgIpc) is 2.43. The Balaban J connectivity index is 2.43. The van der Waals surface area contributed by atoms with Crippen LogP contribution in [-0.2, 0) is 21.4 Å². The molecule has 110 valence electrons. The van der Waals surface area contributed by atoms with Gasteiger partial charge in [0.25, 0.3) is 0 Å². The number of carbonyl (C=O) groups excluding carboxylic acids is 1. The van der Waals surface area contributed by atoms with Crippen molar-refractivity contribution in [3.8, 4) is 0 Å². The van der Waals surface area contributed by atoms with Crippen LogP contribution in [0.25, 0.3) is 0 Å². The van der Waals surface area contributed by atoms with E-state index in [1.807, 2.05) is 0 Å². The third kappa shape index (κ3) is 5.37. The number of hydrogen-bond donors (Lipinski definition) is 3. The van der Waals surface area contributed by atoms with Crippen molar-refractivity contribution < 1.29 is 23.1 Å². The van der Waals surface area contributed by atoms with E-state index in [2.05, 4.69) is 10.0 Å². The molecule has 7 nitrogen and oxygen atoms in total. The summed E-state index contributed by atoms with van der Waals surface area (Å²) in [5.41, 5.74) is 0.887. The van der Waals surface area contributed by atoms with Gasteiger partial charge in [-0.05, 0) is 24.6 Å². The molecule has 0 unspecified atom stereocenters. The van der Waals surface area contributed by atoms with Crippen molar-refractivity contribution in [1.29, 1.82) is 0 Å². The summed E-state index contributed by atoms with van der Waals surface area (Å²) in [5, 5.41) is 11.3. The van der Waals surface area contributed by atoms with Crippen LogP contribution < -0.4 is 10.0 Å². The molecule has 0 bridgehead atoms. The Morgan fingerprint density at radius 1 is 1.20 bits per heavy atom. The molecular weight excluding hydrogens is 284 g/mol. The number of benzene rings is 1. The highest BCUT2D eigenvalue weighted by Crippen LogP contribution is 2.04. The summed E-state index contributed by atoms with van der Waals surface area (Å²) in [7, 11) is -3.39. The van der Waals surface area contributed by atoms with E-state index in [1.165, 1.54) is 19.1 Å². The fourth-order valence-corrected chi connectivity index (χ4v) is 1.86. The first kappa shape index (κ1) is 16.1. The van der Waals surface area contributed by atoms with Crippen LogP contribution in [0.3, 0.4) is 0 Å². The fraction of sp³-hybridized carbons (Fsp3) is 0.333. The van der Waals surface area contributed by atoms with Crippen LogP contribution >= 0.6 is 0 Å². The molecule has 0 radical (unpaired) electrons. The van der Waals surface area contributed by atoms with Crippen LogP contribution in [0.2, 0.25) is 0 Å². The maximum absolute atomic E-state index is 11.4. The number of carboxylic acid groups (broad SMARTS) is 1. The Bertz CT molecular complexity index is 580. The molecule has 1 aromatic carbocycles. The second-order valence-electron chi connectivity index (χ2n) is 4.00. The minimum Gasteiger partial charge on any atom is -0.478 e. The molecular formula is C12H16N2O5S. The minimum absolute atomic E-state index is 0.0864. The van der Waals surface area contributed by atoms with Gasteiger partial charge >= 0.3 is 5.97 Å². The molecule has 0 aliphatic heterocycles. The van der Waals surface area contributed by atoms with E-state index >= 15 is 0 Å². The van der Waals surface area contributed by atoms with Gasteiger partial charge in [0, 0.05) is 6.54 Å². The van der Waals surface area contributed by atoms with E-state index in [0.29, 0.717) is 0 Å². The standard InChI is InChI=1S/C12H16N2O5S/c1-2-20(18,19)14-8-11(15)13-7-9-3-5-10(6-4-9)12(16)17/h3-6,14H,2,7-8H2,1H3,(H,13,15)(H,16,17). The normalized spacial score (nSPS) is 11.1. The largest absolute Gasteiger partial charge is 0.478 e. The average molecular weight is 300 g/mol. The molecule has 1 rings (SSSR count). The number of rotatable bonds is 7. The van der Waals surface area contributed by atoms with E-state index in [4.69, 9.17) is 5.11 Å². The van der Waals surface area contributed by atoms with Gasteiger partial charge in [-0.15, -0.1) is 0 Å². The molecule has 1 aromatic rings. The van der Waals surface area contributed by atoms with Gasteiger partial charge in [-0.2, -0.15) is 0 Å². The SMILES string of the molecule is CCS(=O)(=O)NCC(=O)NCc1ccc(C(=O)O)cc1. The molecule has 0 spiro atoms. The number of carbonyl (C=O) groups is 2. The van der Waals surface area contributed by atoms with Crippen molar-refractivity contribution in [2.24, 2.45) is 0 Å². The second kappa shape index (κ2) is 7.01. The van der Waals surface area contributed by atoms with E-state index in [0.717, 1.165) is 5.56 Å². The van der Waals surface area contributed by atoms with Gasteiger partial charge in [-0.25, -0.2) is 17.9 Å². The van der Waals surface area contributed by atoms with Crippen molar-refractivity contribution >= 4 is 21.9 Å². The molecule has 0 saturated heterocycles.